The fourth-order valence-electron chi connectivity index (χ4n) is 2.44. The first-order valence-corrected chi connectivity index (χ1v) is 7.24. The van der Waals surface area contributed by atoms with E-state index in [0.717, 1.165) is 30.3 Å². The van der Waals surface area contributed by atoms with E-state index in [0.29, 0.717) is 5.56 Å². The second kappa shape index (κ2) is 6.64. The lowest BCUT2D eigenvalue weighted by Crippen LogP contribution is -2.27. The second-order valence-corrected chi connectivity index (χ2v) is 5.65. The quantitative estimate of drug-likeness (QED) is 0.912. The molecule has 0 aliphatic carbocycles. The summed E-state index contributed by atoms with van der Waals surface area (Å²) >= 11 is 3.39. The van der Waals surface area contributed by atoms with Gasteiger partial charge < -0.3 is 10.1 Å². The third kappa shape index (κ3) is 3.53. The van der Waals surface area contributed by atoms with Crippen LogP contribution < -0.4 is 5.32 Å². The number of rotatable bonds is 4. The Bertz CT molecular complexity index is 393. The molecule has 100 valence electrons. The van der Waals surface area contributed by atoms with Crippen molar-refractivity contribution in [1.82, 2.24) is 5.32 Å². The molecule has 1 aliphatic rings. The number of ether oxygens (including phenoxy) is 1. The summed E-state index contributed by atoms with van der Waals surface area (Å²) in [6.07, 6.45) is 4.50. The molecule has 2 rings (SSSR count). The van der Waals surface area contributed by atoms with Gasteiger partial charge in [-0.15, -0.1) is 0 Å². The lowest BCUT2D eigenvalue weighted by Gasteiger charge is -2.27. The van der Waals surface area contributed by atoms with E-state index in [9.17, 15) is 4.39 Å². The molecule has 0 radical (unpaired) electrons. The zero-order chi connectivity index (χ0) is 13.0. The van der Waals surface area contributed by atoms with Crippen molar-refractivity contribution in [3.8, 4) is 0 Å². The van der Waals surface area contributed by atoms with Crippen LogP contribution in [0.15, 0.2) is 22.7 Å². The van der Waals surface area contributed by atoms with Crippen LogP contribution in [0.3, 0.4) is 0 Å². The minimum atomic E-state index is -0.159. The van der Waals surface area contributed by atoms with Gasteiger partial charge in [0.25, 0.3) is 0 Å². The molecule has 0 amide bonds. The van der Waals surface area contributed by atoms with Crippen LogP contribution in [0.25, 0.3) is 0 Å². The van der Waals surface area contributed by atoms with Gasteiger partial charge in [-0.3, -0.25) is 0 Å². The van der Waals surface area contributed by atoms with Crippen LogP contribution in [-0.4, -0.2) is 19.8 Å². The van der Waals surface area contributed by atoms with Gasteiger partial charge in [0.1, 0.15) is 5.82 Å². The topological polar surface area (TPSA) is 21.3 Å². The van der Waals surface area contributed by atoms with E-state index in [1.54, 1.807) is 6.07 Å². The first-order valence-electron chi connectivity index (χ1n) is 6.44. The lowest BCUT2D eigenvalue weighted by atomic mass is 9.96. The van der Waals surface area contributed by atoms with Gasteiger partial charge in [-0.25, -0.2) is 4.39 Å². The number of benzene rings is 1. The molecular formula is C14H19BrFNO. The van der Waals surface area contributed by atoms with Crippen molar-refractivity contribution in [1.29, 1.82) is 0 Å². The summed E-state index contributed by atoms with van der Waals surface area (Å²) in [5.74, 6) is -0.159. The van der Waals surface area contributed by atoms with Crippen molar-refractivity contribution in [2.24, 2.45) is 0 Å². The summed E-state index contributed by atoms with van der Waals surface area (Å²) in [6.45, 7) is 0.835. The van der Waals surface area contributed by atoms with Crippen molar-refractivity contribution in [3.63, 3.8) is 0 Å². The van der Waals surface area contributed by atoms with Crippen molar-refractivity contribution in [2.75, 3.05) is 13.7 Å². The largest absolute Gasteiger partial charge is 0.378 e. The highest BCUT2D eigenvalue weighted by atomic mass is 79.9. The molecule has 18 heavy (non-hydrogen) atoms. The summed E-state index contributed by atoms with van der Waals surface area (Å²) in [5.41, 5.74) is 0.709. The molecule has 0 saturated carbocycles. The third-order valence-electron chi connectivity index (χ3n) is 3.45. The molecule has 1 aromatic rings. The van der Waals surface area contributed by atoms with Gasteiger partial charge >= 0.3 is 0 Å². The standard InChI is InChI=1S/C14H19BrFNO/c1-17-14(9-11-4-2-3-7-18-11)12-8-10(15)5-6-13(12)16/h5-6,8,11,14,17H,2-4,7,9H2,1H3. The van der Waals surface area contributed by atoms with Crippen LogP contribution in [0.4, 0.5) is 4.39 Å². The number of halogens is 2. The van der Waals surface area contributed by atoms with E-state index < -0.39 is 0 Å². The summed E-state index contributed by atoms with van der Waals surface area (Å²) in [5, 5.41) is 3.19. The van der Waals surface area contributed by atoms with Crippen molar-refractivity contribution in [3.05, 3.63) is 34.1 Å². The molecule has 2 unspecified atom stereocenters. The Morgan fingerprint density at radius 3 is 3.00 bits per heavy atom. The Balaban J connectivity index is 2.09. The van der Waals surface area contributed by atoms with E-state index in [-0.39, 0.29) is 18.0 Å². The maximum Gasteiger partial charge on any atom is 0.128 e. The molecule has 0 aromatic heterocycles. The first kappa shape index (κ1) is 14.0. The second-order valence-electron chi connectivity index (χ2n) is 4.73. The Kier molecular flexibility index (Phi) is 5.15. The zero-order valence-electron chi connectivity index (χ0n) is 10.6. The molecule has 1 N–H and O–H groups in total. The molecule has 4 heteroatoms. The smallest absolute Gasteiger partial charge is 0.128 e. The lowest BCUT2D eigenvalue weighted by molar-refractivity contribution is 0.00529. The van der Waals surface area contributed by atoms with Crippen LogP contribution in [0.2, 0.25) is 0 Å². The third-order valence-corrected chi connectivity index (χ3v) is 3.95. The van der Waals surface area contributed by atoms with Crippen molar-refractivity contribution >= 4 is 15.9 Å². The molecule has 2 atom stereocenters. The highest BCUT2D eigenvalue weighted by Gasteiger charge is 2.21. The summed E-state index contributed by atoms with van der Waals surface area (Å²) < 4.78 is 20.5. The SMILES string of the molecule is CNC(CC1CCCCO1)c1cc(Br)ccc1F. The van der Waals surface area contributed by atoms with E-state index in [1.165, 1.54) is 12.5 Å². The van der Waals surface area contributed by atoms with Crippen molar-refractivity contribution < 1.29 is 9.13 Å². The van der Waals surface area contributed by atoms with Gasteiger partial charge in [-0.05, 0) is 50.9 Å². The van der Waals surface area contributed by atoms with Gasteiger partial charge in [0.2, 0.25) is 0 Å². The maximum atomic E-state index is 13.9. The fraction of sp³-hybridized carbons (Fsp3) is 0.571. The Morgan fingerprint density at radius 1 is 1.50 bits per heavy atom. The summed E-state index contributed by atoms with van der Waals surface area (Å²) in [6, 6.07) is 5.08. The van der Waals surface area contributed by atoms with E-state index in [1.807, 2.05) is 13.1 Å². The number of hydrogen-bond donors (Lipinski definition) is 1. The molecular weight excluding hydrogens is 297 g/mol. The fourth-order valence-corrected chi connectivity index (χ4v) is 2.82. The van der Waals surface area contributed by atoms with Crippen LogP contribution in [0.5, 0.6) is 0 Å². The average molecular weight is 316 g/mol. The van der Waals surface area contributed by atoms with E-state index >= 15 is 0 Å². The molecule has 1 aromatic carbocycles. The van der Waals surface area contributed by atoms with Crippen LogP contribution in [-0.2, 0) is 4.74 Å². The highest BCUT2D eigenvalue weighted by molar-refractivity contribution is 9.10. The summed E-state index contributed by atoms with van der Waals surface area (Å²) in [7, 11) is 1.87. The minimum Gasteiger partial charge on any atom is -0.378 e. The molecule has 1 fully saturated rings. The van der Waals surface area contributed by atoms with Gasteiger partial charge in [0.05, 0.1) is 6.10 Å². The van der Waals surface area contributed by atoms with Crippen LogP contribution >= 0.6 is 15.9 Å². The summed E-state index contributed by atoms with van der Waals surface area (Å²) in [4.78, 5) is 0. The van der Waals surface area contributed by atoms with Gasteiger partial charge in [-0.1, -0.05) is 15.9 Å². The maximum absolute atomic E-state index is 13.9. The molecule has 1 heterocycles. The molecule has 0 spiro atoms. The average Bonchev–Trinajstić information content (AvgIpc) is 2.40. The minimum absolute atomic E-state index is 0.00519. The predicted molar refractivity (Wildman–Crippen MR) is 74.1 cm³/mol. The van der Waals surface area contributed by atoms with Gasteiger partial charge in [0, 0.05) is 22.7 Å². The molecule has 1 aliphatic heterocycles. The Morgan fingerprint density at radius 2 is 2.33 bits per heavy atom. The highest BCUT2D eigenvalue weighted by Crippen LogP contribution is 2.28. The van der Waals surface area contributed by atoms with E-state index in [4.69, 9.17) is 4.74 Å². The molecule has 1 saturated heterocycles. The van der Waals surface area contributed by atoms with E-state index in [2.05, 4.69) is 21.2 Å². The molecule has 0 bridgehead atoms. The number of nitrogens with one attached hydrogen (secondary N) is 1. The van der Waals surface area contributed by atoms with Crippen LogP contribution in [0, 0.1) is 5.82 Å². The normalized spacial score (nSPS) is 21.8. The van der Waals surface area contributed by atoms with Crippen LogP contribution in [0.1, 0.15) is 37.3 Å². The van der Waals surface area contributed by atoms with Crippen molar-refractivity contribution in [2.45, 2.75) is 37.8 Å². The van der Waals surface area contributed by atoms with Gasteiger partial charge in [0.15, 0.2) is 0 Å². The predicted octanol–water partition coefficient (Wildman–Crippen LogP) is 3.81. The monoisotopic (exact) mass is 315 g/mol. The zero-order valence-corrected chi connectivity index (χ0v) is 12.2. The van der Waals surface area contributed by atoms with Gasteiger partial charge in [-0.2, -0.15) is 0 Å². The number of hydrogen-bond acceptors (Lipinski definition) is 2. The Labute approximate surface area is 116 Å². The first-order chi connectivity index (χ1) is 8.70. The molecule has 2 nitrogen and oxygen atoms in total. The Hall–Kier alpha value is -0.450.